The Labute approximate surface area is 70.9 Å². The molecule has 0 aromatic carbocycles. The Morgan fingerprint density at radius 2 is 2.33 bits per heavy atom. The van der Waals surface area contributed by atoms with Crippen LogP contribution in [0, 0.1) is 0 Å². The average molecular weight is 165 g/mol. The fourth-order valence-electron chi connectivity index (χ4n) is 0.969. The molecular formula is C9H11NO2. The Morgan fingerprint density at radius 1 is 1.58 bits per heavy atom. The molecule has 0 unspecified atom stereocenters. The van der Waals surface area contributed by atoms with Crippen molar-refractivity contribution in [3.8, 4) is 0 Å². The second-order valence-corrected chi connectivity index (χ2v) is 2.54. The minimum atomic E-state index is -0.993. The van der Waals surface area contributed by atoms with Gasteiger partial charge in [0.15, 0.2) is 0 Å². The van der Waals surface area contributed by atoms with E-state index in [0.717, 1.165) is 6.42 Å². The molecule has 1 aliphatic rings. The Hall–Kier alpha value is -1.35. The Kier molecular flexibility index (Phi) is 2.82. The SMILES string of the molecule is N[C@@H](C(=O)O)C1=CCC=CC=C1. The molecule has 1 aliphatic carbocycles. The van der Waals surface area contributed by atoms with Crippen LogP contribution in [-0.4, -0.2) is 17.1 Å². The maximum atomic E-state index is 10.5. The number of nitrogens with two attached hydrogens (primary N) is 1. The largest absolute Gasteiger partial charge is 0.480 e. The summed E-state index contributed by atoms with van der Waals surface area (Å²) in [6.45, 7) is 0. The maximum absolute atomic E-state index is 10.5. The first kappa shape index (κ1) is 8.74. The summed E-state index contributed by atoms with van der Waals surface area (Å²) in [5, 5.41) is 8.61. The molecule has 3 nitrogen and oxygen atoms in total. The summed E-state index contributed by atoms with van der Waals surface area (Å²) < 4.78 is 0. The zero-order valence-corrected chi connectivity index (χ0v) is 6.60. The van der Waals surface area contributed by atoms with Crippen molar-refractivity contribution in [3.05, 3.63) is 36.0 Å². The molecule has 0 fully saturated rings. The van der Waals surface area contributed by atoms with E-state index in [4.69, 9.17) is 10.8 Å². The first-order valence-electron chi connectivity index (χ1n) is 3.73. The summed E-state index contributed by atoms with van der Waals surface area (Å²) in [7, 11) is 0. The Balaban J connectivity index is 2.75. The fourth-order valence-corrected chi connectivity index (χ4v) is 0.969. The van der Waals surface area contributed by atoms with E-state index in [9.17, 15) is 4.79 Å². The van der Waals surface area contributed by atoms with Crippen LogP contribution in [0.25, 0.3) is 0 Å². The van der Waals surface area contributed by atoms with Crippen molar-refractivity contribution >= 4 is 5.97 Å². The summed E-state index contributed by atoms with van der Waals surface area (Å²) in [5.74, 6) is -0.993. The predicted molar refractivity (Wildman–Crippen MR) is 46.6 cm³/mol. The highest BCUT2D eigenvalue weighted by Gasteiger charge is 2.14. The minimum Gasteiger partial charge on any atom is -0.480 e. The molecule has 3 heteroatoms. The van der Waals surface area contributed by atoms with Gasteiger partial charge in [-0.2, -0.15) is 0 Å². The van der Waals surface area contributed by atoms with Crippen molar-refractivity contribution in [3.63, 3.8) is 0 Å². The van der Waals surface area contributed by atoms with Gasteiger partial charge >= 0.3 is 5.97 Å². The van der Waals surface area contributed by atoms with Crippen LogP contribution in [0.15, 0.2) is 36.0 Å². The van der Waals surface area contributed by atoms with Gasteiger partial charge in [-0.1, -0.05) is 30.4 Å². The summed E-state index contributed by atoms with van der Waals surface area (Å²) >= 11 is 0. The molecule has 0 heterocycles. The molecule has 1 rings (SSSR count). The fraction of sp³-hybridized carbons (Fsp3) is 0.222. The number of carbonyl (C=O) groups is 1. The van der Waals surface area contributed by atoms with Crippen LogP contribution in [0.4, 0.5) is 0 Å². The van der Waals surface area contributed by atoms with Gasteiger partial charge in [-0.3, -0.25) is 4.79 Å². The second-order valence-electron chi connectivity index (χ2n) is 2.54. The highest BCUT2D eigenvalue weighted by atomic mass is 16.4. The third kappa shape index (κ3) is 2.07. The van der Waals surface area contributed by atoms with E-state index in [1.807, 2.05) is 18.2 Å². The molecule has 0 radical (unpaired) electrons. The number of hydrogen-bond acceptors (Lipinski definition) is 2. The standard InChI is InChI=1S/C9H11NO2/c10-8(9(11)12)7-5-3-1-2-4-6-7/h1-3,5-6,8H,4,10H2,(H,11,12)/t8-/m1/s1. The van der Waals surface area contributed by atoms with Gasteiger partial charge in [0.1, 0.15) is 6.04 Å². The van der Waals surface area contributed by atoms with E-state index in [1.165, 1.54) is 0 Å². The number of carboxylic acid groups (broad SMARTS) is 1. The van der Waals surface area contributed by atoms with Crippen LogP contribution in [0.2, 0.25) is 0 Å². The highest BCUT2D eigenvalue weighted by molar-refractivity contribution is 5.78. The molecule has 0 saturated carbocycles. The molecule has 0 saturated heterocycles. The quantitative estimate of drug-likeness (QED) is 0.637. The van der Waals surface area contributed by atoms with E-state index < -0.39 is 12.0 Å². The van der Waals surface area contributed by atoms with Crippen molar-refractivity contribution in [2.45, 2.75) is 12.5 Å². The lowest BCUT2D eigenvalue weighted by atomic mass is 10.1. The number of hydrogen-bond donors (Lipinski definition) is 2. The summed E-state index contributed by atoms with van der Waals surface area (Å²) in [6, 6.07) is -0.902. The van der Waals surface area contributed by atoms with E-state index in [2.05, 4.69) is 0 Å². The van der Waals surface area contributed by atoms with Crippen LogP contribution in [0.3, 0.4) is 0 Å². The molecule has 0 spiro atoms. The lowest BCUT2D eigenvalue weighted by Crippen LogP contribution is -2.31. The van der Waals surface area contributed by atoms with Crippen molar-refractivity contribution < 1.29 is 9.90 Å². The van der Waals surface area contributed by atoms with Crippen LogP contribution >= 0.6 is 0 Å². The smallest absolute Gasteiger partial charge is 0.325 e. The van der Waals surface area contributed by atoms with Crippen molar-refractivity contribution in [1.29, 1.82) is 0 Å². The average Bonchev–Trinajstić information content (AvgIpc) is 2.30. The van der Waals surface area contributed by atoms with E-state index in [0.29, 0.717) is 5.57 Å². The molecule has 0 aliphatic heterocycles. The molecule has 0 aromatic heterocycles. The van der Waals surface area contributed by atoms with Crippen molar-refractivity contribution in [2.75, 3.05) is 0 Å². The molecule has 3 N–H and O–H groups in total. The van der Waals surface area contributed by atoms with Crippen LogP contribution < -0.4 is 5.73 Å². The summed E-state index contributed by atoms with van der Waals surface area (Å²) in [6.07, 6.45) is 9.89. The summed E-state index contributed by atoms with van der Waals surface area (Å²) in [4.78, 5) is 10.5. The molecular weight excluding hydrogens is 154 g/mol. The van der Waals surface area contributed by atoms with Gasteiger partial charge in [0.05, 0.1) is 0 Å². The number of carboxylic acids is 1. The van der Waals surface area contributed by atoms with Gasteiger partial charge in [-0.15, -0.1) is 0 Å². The van der Waals surface area contributed by atoms with Gasteiger partial charge in [0, 0.05) is 0 Å². The monoisotopic (exact) mass is 165 g/mol. The number of aliphatic carboxylic acids is 1. The van der Waals surface area contributed by atoms with Crippen LogP contribution in [0.5, 0.6) is 0 Å². The Morgan fingerprint density at radius 3 is 3.00 bits per heavy atom. The minimum absolute atomic E-state index is 0.660. The Bertz CT molecular complexity index is 264. The summed E-state index contributed by atoms with van der Waals surface area (Å²) in [5.41, 5.74) is 6.07. The van der Waals surface area contributed by atoms with Crippen LogP contribution in [0.1, 0.15) is 6.42 Å². The third-order valence-corrected chi connectivity index (χ3v) is 1.65. The van der Waals surface area contributed by atoms with Crippen molar-refractivity contribution in [1.82, 2.24) is 0 Å². The molecule has 0 aromatic rings. The predicted octanol–water partition coefficient (Wildman–Crippen LogP) is 0.841. The van der Waals surface area contributed by atoms with Crippen molar-refractivity contribution in [2.24, 2.45) is 5.73 Å². The van der Waals surface area contributed by atoms with E-state index in [1.54, 1.807) is 12.2 Å². The topological polar surface area (TPSA) is 63.3 Å². The van der Waals surface area contributed by atoms with Gasteiger partial charge in [-0.05, 0) is 12.0 Å². The van der Waals surface area contributed by atoms with Gasteiger partial charge < -0.3 is 10.8 Å². The van der Waals surface area contributed by atoms with Gasteiger partial charge in [-0.25, -0.2) is 0 Å². The first-order chi connectivity index (χ1) is 5.72. The molecule has 12 heavy (non-hydrogen) atoms. The number of rotatable bonds is 2. The second kappa shape index (κ2) is 3.88. The van der Waals surface area contributed by atoms with Gasteiger partial charge in [0.25, 0.3) is 0 Å². The van der Waals surface area contributed by atoms with E-state index >= 15 is 0 Å². The molecule has 1 atom stereocenters. The number of allylic oxidation sites excluding steroid dienone is 4. The highest BCUT2D eigenvalue weighted by Crippen LogP contribution is 2.08. The third-order valence-electron chi connectivity index (χ3n) is 1.65. The maximum Gasteiger partial charge on any atom is 0.325 e. The molecule has 0 amide bonds. The normalized spacial score (nSPS) is 18.2. The lowest BCUT2D eigenvalue weighted by Gasteiger charge is -2.05. The van der Waals surface area contributed by atoms with E-state index in [-0.39, 0.29) is 0 Å². The molecule has 64 valence electrons. The zero-order valence-electron chi connectivity index (χ0n) is 6.60. The lowest BCUT2D eigenvalue weighted by molar-refractivity contribution is -0.137. The zero-order chi connectivity index (χ0) is 8.97. The first-order valence-corrected chi connectivity index (χ1v) is 3.73. The molecule has 0 bridgehead atoms. The van der Waals surface area contributed by atoms with Crippen LogP contribution in [-0.2, 0) is 4.79 Å². The van der Waals surface area contributed by atoms with Gasteiger partial charge in [0.2, 0.25) is 0 Å².